The molecule has 2 heteroatoms. The first-order chi connectivity index (χ1) is 27.8. The maximum absolute atomic E-state index is 6.60. The maximum atomic E-state index is 6.60. The Morgan fingerprint density at radius 1 is 0.286 bits per heavy atom. The van der Waals surface area contributed by atoms with E-state index in [0.717, 1.165) is 61.3 Å². The van der Waals surface area contributed by atoms with Crippen molar-refractivity contribution in [3.63, 3.8) is 0 Å². The lowest BCUT2D eigenvalue weighted by atomic mass is 9.90. The highest BCUT2D eigenvalue weighted by Gasteiger charge is 2.24. The van der Waals surface area contributed by atoms with Crippen LogP contribution in [-0.4, -0.2) is 0 Å². The Hall–Kier alpha value is -7.42. The molecule has 0 saturated carbocycles. The second-order valence-corrected chi connectivity index (χ2v) is 14.1. The average Bonchev–Trinajstić information content (AvgIpc) is 3.67. The van der Waals surface area contributed by atoms with Gasteiger partial charge in [-0.3, -0.25) is 0 Å². The summed E-state index contributed by atoms with van der Waals surface area (Å²) in [5.41, 5.74) is 16.5. The van der Waals surface area contributed by atoms with Crippen molar-refractivity contribution in [3.8, 4) is 55.6 Å². The number of benzene rings is 9. The molecule has 0 aliphatic rings. The molecule has 56 heavy (non-hydrogen) atoms. The van der Waals surface area contributed by atoms with Crippen molar-refractivity contribution in [2.45, 2.75) is 0 Å². The molecule has 10 aromatic rings. The summed E-state index contributed by atoms with van der Waals surface area (Å²) in [4.78, 5) is 2.40. The molecular weight excluding hydrogens is 679 g/mol. The Morgan fingerprint density at radius 2 is 0.679 bits per heavy atom. The van der Waals surface area contributed by atoms with E-state index >= 15 is 0 Å². The second kappa shape index (κ2) is 14.4. The summed E-state index contributed by atoms with van der Waals surface area (Å²) >= 11 is 0. The Balaban J connectivity index is 1.25. The van der Waals surface area contributed by atoms with E-state index in [-0.39, 0.29) is 0 Å². The van der Waals surface area contributed by atoms with Gasteiger partial charge in [0.25, 0.3) is 0 Å². The number of furan rings is 1. The first-order valence-electron chi connectivity index (χ1n) is 19.1. The summed E-state index contributed by atoms with van der Waals surface area (Å²) in [6, 6.07) is 80.1. The number of rotatable bonds is 8. The lowest BCUT2D eigenvalue weighted by molar-refractivity contribution is 0.669. The molecule has 0 N–H and O–H groups in total. The molecule has 10 rings (SSSR count). The van der Waals surface area contributed by atoms with Gasteiger partial charge in [0.15, 0.2) is 0 Å². The second-order valence-electron chi connectivity index (χ2n) is 14.1. The molecule has 0 aliphatic carbocycles. The fourth-order valence-corrected chi connectivity index (χ4v) is 7.95. The van der Waals surface area contributed by atoms with Crippen LogP contribution in [0.25, 0.3) is 77.6 Å². The van der Waals surface area contributed by atoms with Crippen molar-refractivity contribution in [1.82, 2.24) is 0 Å². The van der Waals surface area contributed by atoms with Crippen LogP contribution in [0.3, 0.4) is 0 Å². The smallest absolute Gasteiger partial charge is 0.136 e. The maximum Gasteiger partial charge on any atom is 0.136 e. The van der Waals surface area contributed by atoms with Gasteiger partial charge in [-0.05, 0) is 111 Å². The van der Waals surface area contributed by atoms with Crippen LogP contribution < -0.4 is 4.90 Å². The van der Waals surface area contributed by atoms with E-state index in [0.29, 0.717) is 0 Å². The lowest BCUT2D eigenvalue weighted by Gasteiger charge is -2.29. The van der Waals surface area contributed by atoms with Crippen LogP contribution in [-0.2, 0) is 0 Å². The predicted octanol–water partition coefficient (Wildman–Crippen LogP) is 15.4. The van der Waals surface area contributed by atoms with Crippen molar-refractivity contribution in [1.29, 1.82) is 0 Å². The zero-order chi connectivity index (χ0) is 37.3. The molecule has 0 amide bonds. The van der Waals surface area contributed by atoms with Gasteiger partial charge in [-0.25, -0.2) is 0 Å². The molecule has 0 unspecified atom stereocenters. The van der Waals surface area contributed by atoms with Crippen molar-refractivity contribution >= 4 is 39.0 Å². The fraction of sp³-hybridized carbons (Fsp3) is 0. The summed E-state index contributed by atoms with van der Waals surface area (Å²) in [5, 5.41) is 2.18. The first kappa shape index (κ1) is 33.2. The van der Waals surface area contributed by atoms with E-state index in [4.69, 9.17) is 4.42 Å². The SMILES string of the molecule is c1ccc(-c2ccc(N(c3ccc(-c4ccccc4)cc3)c3ccc4oc5ccccc5c4c3-c3cc(-c4ccccc4)cc(-c4ccccc4)c3)cc2)cc1. The van der Waals surface area contributed by atoms with E-state index in [1.165, 1.54) is 33.4 Å². The van der Waals surface area contributed by atoms with Crippen molar-refractivity contribution in [2.75, 3.05) is 4.90 Å². The van der Waals surface area contributed by atoms with Gasteiger partial charge < -0.3 is 9.32 Å². The van der Waals surface area contributed by atoms with Gasteiger partial charge in [0, 0.05) is 27.7 Å². The molecule has 0 radical (unpaired) electrons. The summed E-state index contributed by atoms with van der Waals surface area (Å²) in [6.45, 7) is 0. The molecule has 0 bridgehead atoms. The number of hydrogen-bond acceptors (Lipinski definition) is 2. The normalized spacial score (nSPS) is 11.2. The molecule has 9 aromatic carbocycles. The van der Waals surface area contributed by atoms with Crippen LogP contribution in [0.1, 0.15) is 0 Å². The number of para-hydroxylation sites is 1. The summed E-state index contributed by atoms with van der Waals surface area (Å²) < 4.78 is 6.60. The number of nitrogens with zero attached hydrogens (tertiary/aromatic N) is 1. The molecule has 0 fully saturated rings. The highest BCUT2D eigenvalue weighted by atomic mass is 16.3. The monoisotopic (exact) mass is 715 g/mol. The van der Waals surface area contributed by atoms with E-state index in [2.05, 4.69) is 223 Å². The lowest BCUT2D eigenvalue weighted by Crippen LogP contribution is -2.11. The van der Waals surface area contributed by atoms with Gasteiger partial charge in [0.2, 0.25) is 0 Å². The third-order valence-electron chi connectivity index (χ3n) is 10.7. The zero-order valence-electron chi connectivity index (χ0n) is 30.7. The molecule has 0 spiro atoms. The van der Waals surface area contributed by atoms with E-state index < -0.39 is 0 Å². The topological polar surface area (TPSA) is 16.4 Å². The highest BCUT2D eigenvalue weighted by Crippen LogP contribution is 2.48. The fourth-order valence-electron chi connectivity index (χ4n) is 7.95. The summed E-state index contributed by atoms with van der Waals surface area (Å²) in [7, 11) is 0. The predicted molar refractivity (Wildman–Crippen MR) is 236 cm³/mol. The molecule has 2 nitrogen and oxygen atoms in total. The molecule has 1 heterocycles. The standard InChI is InChI=1S/C54H37NO/c1-5-15-38(16-6-1)42-25-29-47(30-26-42)55(48-31-27-43(28-32-48)39-17-7-2-8-18-39)50-33-34-52-54(49-23-13-14-24-51(49)56-52)53(50)46-36-44(40-19-9-3-10-20-40)35-45(37-46)41-21-11-4-12-22-41/h1-37H. The Morgan fingerprint density at radius 3 is 1.16 bits per heavy atom. The Bertz CT molecular complexity index is 2770. The van der Waals surface area contributed by atoms with Crippen molar-refractivity contribution < 1.29 is 4.42 Å². The van der Waals surface area contributed by atoms with Crippen LogP contribution in [0.15, 0.2) is 229 Å². The quantitative estimate of drug-likeness (QED) is 0.156. The minimum Gasteiger partial charge on any atom is -0.456 e. The minimum atomic E-state index is 0.857. The number of hydrogen-bond donors (Lipinski definition) is 0. The largest absolute Gasteiger partial charge is 0.456 e. The molecule has 1 aromatic heterocycles. The van der Waals surface area contributed by atoms with Gasteiger partial charge in [0.05, 0.1) is 5.69 Å². The highest BCUT2D eigenvalue weighted by molar-refractivity contribution is 6.16. The molecular formula is C54H37NO. The number of fused-ring (bicyclic) bond motifs is 3. The summed E-state index contributed by atoms with van der Waals surface area (Å²) in [6.07, 6.45) is 0. The Labute approximate surface area is 327 Å². The molecule has 0 aliphatic heterocycles. The van der Waals surface area contributed by atoms with Gasteiger partial charge in [-0.1, -0.05) is 164 Å². The van der Waals surface area contributed by atoms with Crippen LogP contribution in [0.2, 0.25) is 0 Å². The third kappa shape index (κ3) is 6.24. The van der Waals surface area contributed by atoms with Gasteiger partial charge in [0.1, 0.15) is 11.2 Å². The molecule has 0 atom stereocenters. The van der Waals surface area contributed by atoms with Gasteiger partial charge >= 0.3 is 0 Å². The van der Waals surface area contributed by atoms with Crippen LogP contribution in [0.4, 0.5) is 17.1 Å². The zero-order valence-corrected chi connectivity index (χ0v) is 30.7. The van der Waals surface area contributed by atoms with Crippen molar-refractivity contribution in [3.05, 3.63) is 224 Å². The van der Waals surface area contributed by atoms with Crippen LogP contribution in [0, 0.1) is 0 Å². The Kier molecular flexibility index (Phi) is 8.55. The first-order valence-corrected chi connectivity index (χ1v) is 19.1. The molecule has 264 valence electrons. The average molecular weight is 716 g/mol. The summed E-state index contributed by atoms with van der Waals surface area (Å²) in [5.74, 6) is 0. The third-order valence-corrected chi connectivity index (χ3v) is 10.7. The van der Waals surface area contributed by atoms with Crippen molar-refractivity contribution in [2.24, 2.45) is 0 Å². The van der Waals surface area contributed by atoms with Gasteiger partial charge in [-0.15, -0.1) is 0 Å². The van der Waals surface area contributed by atoms with Crippen LogP contribution >= 0.6 is 0 Å². The van der Waals surface area contributed by atoms with Crippen LogP contribution in [0.5, 0.6) is 0 Å². The number of anilines is 3. The van der Waals surface area contributed by atoms with E-state index in [1.54, 1.807) is 0 Å². The van der Waals surface area contributed by atoms with E-state index in [9.17, 15) is 0 Å². The minimum absolute atomic E-state index is 0.857. The molecule has 0 saturated heterocycles. The van der Waals surface area contributed by atoms with Gasteiger partial charge in [-0.2, -0.15) is 0 Å². The van der Waals surface area contributed by atoms with E-state index in [1.807, 2.05) is 6.07 Å².